The van der Waals surface area contributed by atoms with Gasteiger partial charge in [-0.15, -0.1) is 0 Å². The van der Waals surface area contributed by atoms with Crippen LogP contribution in [0.25, 0.3) is 11.0 Å². The summed E-state index contributed by atoms with van der Waals surface area (Å²) in [6, 6.07) is 18.5. The van der Waals surface area contributed by atoms with Gasteiger partial charge in [0.2, 0.25) is 5.91 Å². The van der Waals surface area contributed by atoms with Crippen LogP contribution in [0.1, 0.15) is 30.9 Å². The highest BCUT2D eigenvalue weighted by Gasteiger charge is 2.20. The van der Waals surface area contributed by atoms with E-state index in [9.17, 15) is 4.79 Å². The molecule has 204 valence electrons. The van der Waals surface area contributed by atoms with E-state index in [2.05, 4.69) is 60.4 Å². The number of anilines is 2. The van der Waals surface area contributed by atoms with Gasteiger partial charge in [0.25, 0.3) is 0 Å². The summed E-state index contributed by atoms with van der Waals surface area (Å²) in [5, 5.41) is 4.63. The summed E-state index contributed by atoms with van der Waals surface area (Å²) < 4.78 is 6.36. The Labute approximate surface area is 234 Å². The Morgan fingerprint density at radius 1 is 1.13 bits per heavy atom. The summed E-state index contributed by atoms with van der Waals surface area (Å²) in [5.41, 5.74) is 4.17. The minimum absolute atomic E-state index is 0.0536. The van der Waals surface area contributed by atoms with Crippen LogP contribution in [0.2, 0.25) is 5.02 Å². The number of aromatic amines is 1. The molecule has 5 rings (SSSR count). The second kappa shape index (κ2) is 13.1. The zero-order valence-electron chi connectivity index (χ0n) is 22.3. The molecule has 4 aromatic rings. The summed E-state index contributed by atoms with van der Waals surface area (Å²) in [6.07, 6.45) is 6.76. The lowest BCUT2D eigenvalue weighted by molar-refractivity contribution is -0.118. The van der Waals surface area contributed by atoms with Crippen molar-refractivity contribution in [1.82, 2.24) is 25.2 Å². The van der Waals surface area contributed by atoms with Gasteiger partial charge in [-0.05, 0) is 60.7 Å². The van der Waals surface area contributed by atoms with E-state index < -0.39 is 0 Å². The molecule has 0 aliphatic carbocycles. The molecular formula is C30H35ClN6O2. The molecular weight excluding hydrogens is 512 g/mol. The molecule has 0 spiro atoms. The number of H-pyrrole nitrogens is 1. The number of hydrogen-bond donors (Lipinski definition) is 2. The number of likely N-dealkylation sites (tertiary alicyclic amines) is 1. The molecule has 1 aliphatic heterocycles. The molecule has 9 heteroatoms. The Morgan fingerprint density at radius 3 is 2.77 bits per heavy atom. The van der Waals surface area contributed by atoms with E-state index in [1.54, 1.807) is 6.33 Å². The van der Waals surface area contributed by atoms with Gasteiger partial charge in [0.15, 0.2) is 0 Å². The molecule has 3 heterocycles. The zero-order valence-corrected chi connectivity index (χ0v) is 23.0. The van der Waals surface area contributed by atoms with Gasteiger partial charge in [0.05, 0.1) is 18.1 Å². The molecule has 1 saturated heterocycles. The van der Waals surface area contributed by atoms with Gasteiger partial charge in [0.1, 0.15) is 17.8 Å². The van der Waals surface area contributed by atoms with Crippen LogP contribution < -0.4 is 10.2 Å². The van der Waals surface area contributed by atoms with Crippen molar-refractivity contribution in [3.05, 3.63) is 83.3 Å². The standard InChI is InChI=1S/C30H35ClN6O2/c1-22(38)32-13-17-37(30-28-8-12-33-29(28)34-21-35-30)26-7-3-5-24(19-26)20-39-27-10-15-36(16-11-27)14-9-23-4-2-6-25(31)18-23/h2-8,12,18-19,21,27H,9-11,13-17,20H2,1H3,(H,32,38)(H,33,34,35). The largest absolute Gasteiger partial charge is 0.373 e. The average Bonchev–Trinajstić information content (AvgIpc) is 3.43. The van der Waals surface area contributed by atoms with E-state index in [0.29, 0.717) is 19.7 Å². The number of carbonyl (C=O) groups is 1. The van der Waals surface area contributed by atoms with Crippen molar-refractivity contribution in [3.8, 4) is 0 Å². The van der Waals surface area contributed by atoms with Crippen molar-refractivity contribution in [2.24, 2.45) is 0 Å². The number of ether oxygens (including phenoxy) is 1. The van der Waals surface area contributed by atoms with Gasteiger partial charge < -0.3 is 24.8 Å². The Morgan fingerprint density at radius 2 is 1.95 bits per heavy atom. The van der Waals surface area contributed by atoms with Crippen LogP contribution in [0.15, 0.2) is 67.1 Å². The first-order valence-electron chi connectivity index (χ1n) is 13.5. The lowest BCUT2D eigenvalue weighted by Crippen LogP contribution is -2.38. The maximum atomic E-state index is 11.5. The number of aromatic nitrogens is 3. The fourth-order valence-corrected chi connectivity index (χ4v) is 5.30. The van der Waals surface area contributed by atoms with Crippen molar-refractivity contribution in [1.29, 1.82) is 0 Å². The Balaban J connectivity index is 1.18. The first-order valence-corrected chi connectivity index (χ1v) is 13.9. The van der Waals surface area contributed by atoms with Crippen LogP contribution >= 0.6 is 11.6 Å². The summed E-state index contributed by atoms with van der Waals surface area (Å²) in [7, 11) is 0. The van der Waals surface area contributed by atoms with Crippen molar-refractivity contribution in [2.45, 2.75) is 38.9 Å². The maximum Gasteiger partial charge on any atom is 0.216 e. The molecule has 2 aromatic heterocycles. The van der Waals surface area contributed by atoms with Gasteiger partial charge in [-0.3, -0.25) is 4.79 Å². The zero-order chi connectivity index (χ0) is 27.0. The van der Waals surface area contributed by atoms with Crippen LogP contribution in [0.3, 0.4) is 0 Å². The number of carbonyl (C=O) groups excluding carboxylic acids is 1. The van der Waals surface area contributed by atoms with Crippen LogP contribution in [-0.4, -0.2) is 64.6 Å². The quantitative estimate of drug-likeness (QED) is 0.272. The number of piperidine rings is 1. The normalized spacial score (nSPS) is 14.5. The molecule has 8 nitrogen and oxygen atoms in total. The highest BCUT2D eigenvalue weighted by molar-refractivity contribution is 6.30. The molecule has 0 atom stereocenters. The second-order valence-corrected chi connectivity index (χ2v) is 10.4. The van der Waals surface area contributed by atoms with Gasteiger partial charge in [-0.2, -0.15) is 0 Å². The van der Waals surface area contributed by atoms with Gasteiger partial charge in [-0.1, -0.05) is 35.9 Å². The van der Waals surface area contributed by atoms with Crippen molar-refractivity contribution in [2.75, 3.05) is 37.6 Å². The Kier molecular flexibility index (Phi) is 9.08. The molecule has 0 radical (unpaired) electrons. The van der Waals surface area contributed by atoms with E-state index in [1.807, 2.05) is 30.5 Å². The average molecular weight is 547 g/mol. The number of nitrogens with one attached hydrogen (secondary N) is 2. The van der Waals surface area contributed by atoms with Crippen LogP contribution in [0, 0.1) is 0 Å². The van der Waals surface area contributed by atoms with Crippen molar-refractivity contribution < 1.29 is 9.53 Å². The highest BCUT2D eigenvalue weighted by atomic mass is 35.5. The monoisotopic (exact) mass is 546 g/mol. The van der Waals surface area contributed by atoms with E-state index >= 15 is 0 Å². The second-order valence-electron chi connectivity index (χ2n) is 9.97. The lowest BCUT2D eigenvalue weighted by atomic mass is 10.1. The predicted octanol–water partition coefficient (Wildman–Crippen LogP) is 5.11. The number of fused-ring (bicyclic) bond motifs is 1. The smallest absolute Gasteiger partial charge is 0.216 e. The van der Waals surface area contributed by atoms with E-state index in [4.69, 9.17) is 16.3 Å². The number of hydrogen-bond acceptors (Lipinski definition) is 6. The summed E-state index contributed by atoms with van der Waals surface area (Å²) in [6.45, 7) is 6.30. The Bertz CT molecular complexity index is 1380. The lowest BCUT2D eigenvalue weighted by Gasteiger charge is -2.32. The third kappa shape index (κ3) is 7.35. The molecule has 2 aromatic carbocycles. The maximum absolute atomic E-state index is 11.5. The first-order chi connectivity index (χ1) is 19.0. The number of nitrogens with zero attached hydrogens (tertiary/aromatic N) is 4. The number of rotatable bonds is 11. The van der Waals surface area contributed by atoms with Gasteiger partial charge >= 0.3 is 0 Å². The fraction of sp³-hybridized carbons (Fsp3) is 0.367. The third-order valence-corrected chi connectivity index (χ3v) is 7.38. The molecule has 0 bridgehead atoms. The van der Waals surface area contributed by atoms with Crippen LogP contribution in [0.4, 0.5) is 11.5 Å². The number of benzene rings is 2. The summed E-state index contributed by atoms with van der Waals surface area (Å²) in [4.78, 5) is 28.2. The van der Waals surface area contributed by atoms with Crippen molar-refractivity contribution >= 4 is 40.0 Å². The fourth-order valence-electron chi connectivity index (χ4n) is 5.08. The van der Waals surface area contributed by atoms with Crippen LogP contribution in [0.5, 0.6) is 0 Å². The van der Waals surface area contributed by atoms with E-state index in [0.717, 1.165) is 72.0 Å². The number of halogens is 1. The number of amides is 1. The molecule has 1 amide bonds. The van der Waals surface area contributed by atoms with Gasteiger partial charge in [-0.25, -0.2) is 9.97 Å². The summed E-state index contributed by atoms with van der Waals surface area (Å²) >= 11 is 6.13. The summed E-state index contributed by atoms with van der Waals surface area (Å²) in [5.74, 6) is 0.747. The SMILES string of the molecule is CC(=O)NCCN(c1cccc(COC2CCN(CCc3cccc(Cl)c3)CC2)c1)c1ncnc2[nH]ccc12. The van der Waals surface area contributed by atoms with E-state index in [-0.39, 0.29) is 12.0 Å². The molecule has 0 saturated carbocycles. The topological polar surface area (TPSA) is 86.4 Å². The van der Waals surface area contributed by atoms with Crippen molar-refractivity contribution in [3.63, 3.8) is 0 Å². The molecule has 1 fully saturated rings. The van der Waals surface area contributed by atoms with Crippen LogP contribution in [-0.2, 0) is 22.6 Å². The minimum atomic E-state index is -0.0536. The highest BCUT2D eigenvalue weighted by Crippen LogP contribution is 2.30. The minimum Gasteiger partial charge on any atom is -0.373 e. The molecule has 1 aliphatic rings. The van der Waals surface area contributed by atoms with E-state index in [1.165, 1.54) is 12.5 Å². The molecule has 0 unspecified atom stereocenters. The first kappa shape index (κ1) is 27.1. The van der Waals surface area contributed by atoms with Gasteiger partial charge in [0, 0.05) is 56.6 Å². The molecule has 39 heavy (non-hydrogen) atoms. The predicted molar refractivity (Wildman–Crippen MR) is 155 cm³/mol. The Hall–Kier alpha value is -3.46. The third-order valence-electron chi connectivity index (χ3n) is 7.15. The molecule has 2 N–H and O–H groups in total.